The molecule has 0 saturated heterocycles. The lowest BCUT2D eigenvalue weighted by molar-refractivity contribution is 0.102. The SMILES string of the molecule is Cc1cc(C(=O)CSc2nnc(-c3ccncc3)n2C)c(C)n1-c1ccc2c(c1)OCCO2. The fourth-order valence-electron chi connectivity index (χ4n) is 4.01. The van der Waals surface area contributed by atoms with Crippen molar-refractivity contribution in [3.05, 3.63) is 65.7 Å². The van der Waals surface area contributed by atoms with Crippen molar-refractivity contribution in [2.24, 2.45) is 7.05 Å². The van der Waals surface area contributed by atoms with E-state index in [9.17, 15) is 4.79 Å². The van der Waals surface area contributed by atoms with Crippen LogP contribution in [-0.4, -0.2) is 49.1 Å². The van der Waals surface area contributed by atoms with Gasteiger partial charge in [0.25, 0.3) is 0 Å². The number of aryl methyl sites for hydroxylation is 1. The Kier molecular flexibility index (Phi) is 5.63. The maximum atomic E-state index is 13.1. The number of carbonyl (C=O) groups is 1. The van der Waals surface area contributed by atoms with Crippen LogP contribution in [0.5, 0.6) is 11.5 Å². The molecule has 5 rings (SSSR count). The van der Waals surface area contributed by atoms with Gasteiger partial charge in [0.15, 0.2) is 28.3 Å². The predicted molar refractivity (Wildman–Crippen MR) is 126 cm³/mol. The molecule has 0 bridgehead atoms. The van der Waals surface area contributed by atoms with E-state index in [-0.39, 0.29) is 11.5 Å². The highest BCUT2D eigenvalue weighted by atomic mass is 32.2. The van der Waals surface area contributed by atoms with E-state index in [1.807, 2.05) is 61.9 Å². The van der Waals surface area contributed by atoms with E-state index < -0.39 is 0 Å². The second kappa shape index (κ2) is 8.74. The molecular weight excluding hydrogens is 438 g/mol. The Morgan fingerprint density at radius 2 is 1.79 bits per heavy atom. The number of benzene rings is 1. The van der Waals surface area contributed by atoms with E-state index in [0.717, 1.165) is 40.0 Å². The van der Waals surface area contributed by atoms with Gasteiger partial charge in [-0.3, -0.25) is 9.78 Å². The first kappa shape index (κ1) is 21.3. The van der Waals surface area contributed by atoms with Crippen molar-refractivity contribution < 1.29 is 14.3 Å². The van der Waals surface area contributed by atoms with Gasteiger partial charge in [-0.2, -0.15) is 0 Å². The third-order valence-corrected chi connectivity index (χ3v) is 6.64. The van der Waals surface area contributed by atoms with Crippen LogP contribution in [0, 0.1) is 13.8 Å². The zero-order valence-corrected chi connectivity index (χ0v) is 19.4. The highest BCUT2D eigenvalue weighted by Crippen LogP contribution is 2.34. The number of ether oxygens (including phenoxy) is 2. The van der Waals surface area contributed by atoms with Gasteiger partial charge >= 0.3 is 0 Å². The number of thioether (sulfide) groups is 1. The third-order valence-electron chi connectivity index (χ3n) is 5.62. The molecule has 9 heteroatoms. The quantitative estimate of drug-likeness (QED) is 0.317. The molecule has 4 aromatic rings. The fourth-order valence-corrected chi connectivity index (χ4v) is 4.81. The van der Waals surface area contributed by atoms with Crippen molar-refractivity contribution in [2.45, 2.75) is 19.0 Å². The van der Waals surface area contributed by atoms with Crippen molar-refractivity contribution >= 4 is 17.5 Å². The minimum Gasteiger partial charge on any atom is -0.486 e. The summed E-state index contributed by atoms with van der Waals surface area (Å²) in [6.07, 6.45) is 3.44. The van der Waals surface area contributed by atoms with Gasteiger partial charge in [0.2, 0.25) is 0 Å². The Labute approximate surface area is 195 Å². The Balaban J connectivity index is 1.35. The van der Waals surface area contributed by atoms with Crippen molar-refractivity contribution in [1.29, 1.82) is 0 Å². The maximum absolute atomic E-state index is 13.1. The highest BCUT2D eigenvalue weighted by molar-refractivity contribution is 7.99. The van der Waals surface area contributed by atoms with E-state index in [0.29, 0.717) is 23.9 Å². The first-order chi connectivity index (χ1) is 16.0. The minimum atomic E-state index is 0.0466. The number of nitrogens with zero attached hydrogens (tertiary/aromatic N) is 5. The molecule has 0 spiro atoms. The summed E-state index contributed by atoms with van der Waals surface area (Å²) in [7, 11) is 1.90. The van der Waals surface area contributed by atoms with Crippen molar-refractivity contribution in [1.82, 2.24) is 24.3 Å². The molecular formula is C24H23N5O3S. The summed E-state index contributed by atoms with van der Waals surface area (Å²) in [4.78, 5) is 17.2. The van der Waals surface area contributed by atoms with Crippen molar-refractivity contribution in [2.75, 3.05) is 19.0 Å². The number of fused-ring (bicyclic) bond motifs is 1. The summed E-state index contributed by atoms with van der Waals surface area (Å²) >= 11 is 1.38. The van der Waals surface area contributed by atoms with Gasteiger partial charge in [-0.1, -0.05) is 11.8 Å². The van der Waals surface area contributed by atoms with Crippen LogP contribution >= 0.6 is 11.8 Å². The summed E-state index contributed by atoms with van der Waals surface area (Å²) in [5, 5.41) is 9.23. The van der Waals surface area contributed by atoms with Crippen LogP contribution in [-0.2, 0) is 7.05 Å². The third kappa shape index (κ3) is 4.00. The number of ketones is 1. The second-order valence-electron chi connectivity index (χ2n) is 7.76. The zero-order chi connectivity index (χ0) is 22.9. The summed E-state index contributed by atoms with van der Waals surface area (Å²) in [6.45, 7) is 5.05. The van der Waals surface area contributed by atoms with Crippen LogP contribution in [0.4, 0.5) is 0 Å². The van der Waals surface area contributed by atoms with Crippen LogP contribution < -0.4 is 9.47 Å². The fraction of sp³-hybridized carbons (Fsp3) is 0.250. The average molecular weight is 462 g/mol. The monoisotopic (exact) mass is 461 g/mol. The molecule has 0 radical (unpaired) electrons. The van der Waals surface area contributed by atoms with Crippen LogP contribution in [0.25, 0.3) is 17.1 Å². The van der Waals surface area contributed by atoms with E-state index >= 15 is 0 Å². The first-order valence-electron chi connectivity index (χ1n) is 10.6. The van der Waals surface area contributed by atoms with E-state index in [1.54, 1.807) is 12.4 Å². The zero-order valence-electron chi connectivity index (χ0n) is 18.6. The van der Waals surface area contributed by atoms with Gasteiger partial charge in [0, 0.05) is 53.7 Å². The number of Topliss-reactive ketones (excluding diaryl/α,β-unsaturated/α-hetero) is 1. The van der Waals surface area contributed by atoms with Crippen LogP contribution in [0.15, 0.2) is 53.9 Å². The van der Waals surface area contributed by atoms with Gasteiger partial charge in [0.05, 0.1) is 5.75 Å². The smallest absolute Gasteiger partial charge is 0.191 e. The number of aromatic nitrogens is 5. The molecule has 1 aliphatic heterocycles. The Bertz CT molecular complexity index is 1330. The Hall–Kier alpha value is -3.59. The predicted octanol–water partition coefficient (Wildman–Crippen LogP) is 4.03. The molecule has 4 heterocycles. The lowest BCUT2D eigenvalue weighted by Crippen LogP contribution is -2.15. The highest BCUT2D eigenvalue weighted by Gasteiger charge is 2.20. The molecule has 0 unspecified atom stereocenters. The molecule has 3 aromatic heterocycles. The molecule has 0 saturated carbocycles. The molecule has 1 aromatic carbocycles. The van der Waals surface area contributed by atoms with Gasteiger partial charge in [-0.05, 0) is 44.2 Å². The lowest BCUT2D eigenvalue weighted by atomic mass is 10.2. The molecule has 0 atom stereocenters. The van der Waals surface area contributed by atoms with Gasteiger partial charge < -0.3 is 18.6 Å². The topological polar surface area (TPSA) is 84.1 Å². The lowest BCUT2D eigenvalue weighted by Gasteiger charge is -2.20. The first-order valence-corrected chi connectivity index (χ1v) is 11.6. The summed E-state index contributed by atoms with van der Waals surface area (Å²) in [5.74, 6) is 2.53. The summed E-state index contributed by atoms with van der Waals surface area (Å²) in [6, 6.07) is 11.6. The number of pyridine rings is 1. The van der Waals surface area contributed by atoms with Gasteiger partial charge in [-0.25, -0.2) is 0 Å². The molecule has 168 valence electrons. The van der Waals surface area contributed by atoms with E-state index in [2.05, 4.69) is 19.7 Å². The van der Waals surface area contributed by atoms with E-state index in [4.69, 9.17) is 9.47 Å². The molecule has 0 amide bonds. The average Bonchev–Trinajstić information content (AvgIpc) is 3.36. The van der Waals surface area contributed by atoms with Crippen molar-refractivity contribution in [3.63, 3.8) is 0 Å². The number of carbonyl (C=O) groups excluding carboxylic acids is 1. The number of rotatable bonds is 6. The number of hydrogen-bond donors (Lipinski definition) is 0. The summed E-state index contributed by atoms with van der Waals surface area (Å²) in [5.41, 5.74) is 4.45. The Morgan fingerprint density at radius 3 is 2.58 bits per heavy atom. The largest absolute Gasteiger partial charge is 0.486 e. The minimum absolute atomic E-state index is 0.0466. The maximum Gasteiger partial charge on any atom is 0.191 e. The molecule has 8 nitrogen and oxygen atoms in total. The van der Waals surface area contributed by atoms with Crippen LogP contribution in [0.1, 0.15) is 21.7 Å². The standard InChI is InChI=1S/C24H23N5O3S/c1-15-12-19(16(2)29(15)18-4-5-21-22(13-18)32-11-10-31-21)20(30)14-33-24-27-26-23(28(24)3)17-6-8-25-9-7-17/h4-9,12-13H,10-11,14H2,1-3H3. The van der Waals surface area contributed by atoms with Crippen LogP contribution in [0.2, 0.25) is 0 Å². The molecule has 33 heavy (non-hydrogen) atoms. The van der Waals surface area contributed by atoms with Crippen molar-refractivity contribution in [3.8, 4) is 28.6 Å². The van der Waals surface area contributed by atoms with Gasteiger partial charge in [0.1, 0.15) is 13.2 Å². The Morgan fingerprint density at radius 1 is 1.03 bits per heavy atom. The summed E-state index contributed by atoms with van der Waals surface area (Å²) < 4.78 is 15.3. The molecule has 0 N–H and O–H groups in total. The van der Waals surface area contributed by atoms with Crippen LogP contribution in [0.3, 0.4) is 0 Å². The van der Waals surface area contributed by atoms with Gasteiger partial charge in [-0.15, -0.1) is 10.2 Å². The second-order valence-corrected chi connectivity index (χ2v) is 8.70. The number of hydrogen-bond acceptors (Lipinski definition) is 7. The molecule has 1 aliphatic rings. The molecule has 0 aliphatic carbocycles. The van der Waals surface area contributed by atoms with E-state index in [1.165, 1.54) is 11.8 Å². The normalized spacial score (nSPS) is 12.7. The molecule has 0 fully saturated rings.